The van der Waals surface area contributed by atoms with Crippen LogP contribution in [0.4, 0.5) is 19.4 Å². The number of hydrogen-bond acceptors (Lipinski definition) is 1. The highest BCUT2D eigenvalue weighted by molar-refractivity contribution is 9.10. The van der Waals surface area contributed by atoms with Gasteiger partial charge in [0.05, 0.1) is 11.8 Å². The van der Waals surface area contributed by atoms with E-state index in [9.17, 15) is 19.4 Å². The van der Waals surface area contributed by atoms with Crippen LogP contribution in [0, 0.1) is 0 Å². The minimum Gasteiger partial charge on any atom is -0.345 e. The van der Waals surface area contributed by atoms with Gasteiger partial charge in [-0.05, 0) is 28.1 Å². The lowest BCUT2D eigenvalue weighted by atomic mass is 10.3. The first-order valence-corrected chi connectivity index (χ1v) is 6.58. The van der Waals surface area contributed by atoms with Crippen molar-refractivity contribution < 1.29 is 19.4 Å². The highest BCUT2D eigenvalue weighted by atomic mass is 79.9. The van der Waals surface area contributed by atoms with E-state index < -0.39 is 15.1 Å². The summed E-state index contributed by atoms with van der Waals surface area (Å²) >= 11 is 2.77. The fourth-order valence-electron chi connectivity index (χ4n) is 1.20. The second-order valence-electron chi connectivity index (χ2n) is 3.17. The highest BCUT2D eigenvalue weighted by Gasteiger charge is 2.65. The number of nitrogens with one attached hydrogen (secondary N) is 1. The topological polar surface area (TPSA) is 28.7 Å². The molecule has 1 aromatic heterocycles. The Morgan fingerprint density at radius 1 is 1.12 bits per heavy atom. The zero-order valence-corrected chi connectivity index (χ0v) is 9.76. The maximum absolute atomic E-state index is 12.5. The molecule has 0 saturated heterocycles. The molecule has 16 heavy (non-hydrogen) atoms. The van der Waals surface area contributed by atoms with E-state index in [0.29, 0.717) is 12.1 Å². The molecule has 0 bridgehead atoms. The number of hydrogen-bond donors (Lipinski definition) is 1. The van der Waals surface area contributed by atoms with Crippen molar-refractivity contribution in [2.75, 3.05) is 0 Å². The summed E-state index contributed by atoms with van der Waals surface area (Å²) in [5.41, 5.74) is 0.0724. The first-order valence-electron chi connectivity index (χ1n) is 3.84. The summed E-state index contributed by atoms with van der Waals surface area (Å²) < 4.78 is 62.4. The number of H-pyrrole nitrogens is 1. The molecular weight excluding hydrogens is 319 g/mol. The Bertz CT molecular complexity index is 575. The molecule has 9 heteroatoms. The number of benzene rings is 1. The first kappa shape index (κ1) is 11.6. The molecule has 0 fully saturated rings. The van der Waals surface area contributed by atoms with Crippen molar-refractivity contribution in [1.29, 1.82) is 0 Å². The van der Waals surface area contributed by atoms with Crippen molar-refractivity contribution in [3.05, 3.63) is 22.9 Å². The largest absolute Gasteiger partial charge is 0.345 e. The number of halogens is 6. The van der Waals surface area contributed by atoms with Gasteiger partial charge in [0, 0.05) is 4.47 Å². The van der Waals surface area contributed by atoms with Crippen LogP contribution >= 0.6 is 26.2 Å². The standard InChI is InChI=1S/C7H4BrF5N2S/c8-5-1-4(16(9,10,11,12)13)2-6-7(5)15-3-14-6/h1-3H,(H,14,15). The smallest absolute Gasteiger partial charge is 0.310 e. The highest BCUT2D eigenvalue weighted by Crippen LogP contribution is 3.02. The minimum absolute atomic E-state index is 0.0994. The average Bonchev–Trinajstić information content (AvgIpc) is 2.47. The van der Waals surface area contributed by atoms with Gasteiger partial charge >= 0.3 is 10.2 Å². The van der Waals surface area contributed by atoms with Gasteiger partial charge < -0.3 is 4.98 Å². The van der Waals surface area contributed by atoms with Gasteiger partial charge in [0.25, 0.3) is 0 Å². The fourth-order valence-corrected chi connectivity index (χ4v) is 2.60. The number of rotatable bonds is 1. The van der Waals surface area contributed by atoms with Crippen molar-refractivity contribution in [1.82, 2.24) is 9.97 Å². The van der Waals surface area contributed by atoms with Gasteiger partial charge in [-0.25, -0.2) is 4.98 Å². The van der Waals surface area contributed by atoms with Crippen molar-refractivity contribution in [2.24, 2.45) is 0 Å². The maximum atomic E-state index is 12.5. The molecule has 0 aliphatic carbocycles. The molecule has 0 spiro atoms. The van der Waals surface area contributed by atoms with Gasteiger partial charge in [-0.1, -0.05) is 19.4 Å². The average molecular weight is 323 g/mol. The number of fused-ring (bicyclic) bond motifs is 1. The van der Waals surface area contributed by atoms with Crippen LogP contribution in [0.2, 0.25) is 0 Å². The second kappa shape index (κ2) is 2.53. The molecule has 0 atom stereocenters. The Labute approximate surface area is 94.7 Å². The van der Waals surface area contributed by atoms with Gasteiger partial charge in [0.2, 0.25) is 0 Å². The van der Waals surface area contributed by atoms with E-state index >= 15 is 0 Å². The molecule has 0 amide bonds. The van der Waals surface area contributed by atoms with E-state index in [4.69, 9.17) is 0 Å². The summed E-state index contributed by atoms with van der Waals surface area (Å²) in [4.78, 5) is 4.10. The van der Waals surface area contributed by atoms with Crippen molar-refractivity contribution in [3.63, 3.8) is 0 Å². The summed E-state index contributed by atoms with van der Waals surface area (Å²) in [6.45, 7) is 0. The quantitative estimate of drug-likeness (QED) is 0.737. The predicted molar refractivity (Wildman–Crippen MR) is 55.2 cm³/mol. The molecule has 0 unspecified atom stereocenters. The summed E-state index contributed by atoms with van der Waals surface area (Å²) in [6, 6.07) is 0.694. The van der Waals surface area contributed by atoms with Crippen molar-refractivity contribution in [3.8, 4) is 0 Å². The van der Waals surface area contributed by atoms with Crippen LogP contribution in [0.5, 0.6) is 0 Å². The lowest BCUT2D eigenvalue weighted by Gasteiger charge is -2.40. The Morgan fingerprint density at radius 2 is 1.75 bits per heavy atom. The Balaban J connectivity index is 2.83. The van der Waals surface area contributed by atoms with Gasteiger partial charge in [-0.15, -0.1) is 0 Å². The molecule has 0 saturated carbocycles. The monoisotopic (exact) mass is 322 g/mol. The molecule has 2 nitrogen and oxygen atoms in total. The van der Waals surface area contributed by atoms with Crippen LogP contribution in [0.3, 0.4) is 0 Å². The summed E-state index contributed by atoms with van der Waals surface area (Å²) in [6.07, 6.45) is 1.13. The van der Waals surface area contributed by atoms with Crippen LogP contribution in [0.15, 0.2) is 27.8 Å². The third kappa shape index (κ3) is 2.01. The van der Waals surface area contributed by atoms with Gasteiger partial charge in [-0.2, -0.15) is 0 Å². The second-order valence-corrected chi connectivity index (χ2v) is 6.44. The molecule has 0 aliphatic rings. The van der Waals surface area contributed by atoms with Crippen LogP contribution < -0.4 is 0 Å². The molecule has 1 N–H and O–H groups in total. The van der Waals surface area contributed by atoms with E-state index in [1.54, 1.807) is 0 Å². The van der Waals surface area contributed by atoms with Crippen LogP contribution in [-0.2, 0) is 0 Å². The first-order chi connectivity index (χ1) is 6.97. The molecule has 2 aromatic rings. The van der Waals surface area contributed by atoms with E-state index in [0.717, 1.165) is 6.33 Å². The maximum Gasteiger partial charge on any atom is 0.310 e. The number of imidazole rings is 1. The van der Waals surface area contributed by atoms with Crippen molar-refractivity contribution >= 4 is 37.2 Å². The van der Waals surface area contributed by atoms with Crippen LogP contribution in [0.25, 0.3) is 11.0 Å². The molecule has 0 radical (unpaired) electrons. The van der Waals surface area contributed by atoms with Gasteiger partial charge in [0.15, 0.2) is 0 Å². The van der Waals surface area contributed by atoms with Gasteiger partial charge in [-0.3, -0.25) is 0 Å². The summed E-state index contributed by atoms with van der Waals surface area (Å²) in [5, 5.41) is 0. The Morgan fingerprint density at radius 3 is 2.31 bits per heavy atom. The number of aromatic amines is 1. The van der Waals surface area contributed by atoms with E-state index in [1.165, 1.54) is 0 Å². The predicted octanol–water partition coefficient (Wildman–Crippen LogP) is 4.98. The zero-order valence-electron chi connectivity index (χ0n) is 7.36. The lowest BCUT2D eigenvalue weighted by Crippen LogP contribution is -2.05. The molecule has 0 aliphatic heterocycles. The SMILES string of the molecule is FS(F)(F)(F)(F)c1cc(Br)c2nc[nH]c2c1. The summed E-state index contributed by atoms with van der Waals surface area (Å²) in [5.74, 6) is 0. The van der Waals surface area contributed by atoms with E-state index in [-0.39, 0.29) is 15.5 Å². The third-order valence-electron chi connectivity index (χ3n) is 1.90. The van der Waals surface area contributed by atoms with Crippen molar-refractivity contribution in [2.45, 2.75) is 4.90 Å². The number of aromatic nitrogens is 2. The normalized spacial score (nSPS) is 17.1. The Kier molecular flexibility index (Phi) is 1.84. The fraction of sp³-hybridized carbons (Fsp3) is 0. The lowest BCUT2D eigenvalue weighted by molar-refractivity contribution is 0.364. The van der Waals surface area contributed by atoms with Crippen LogP contribution in [0.1, 0.15) is 0 Å². The number of nitrogens with zero attached hydrogens (tertiary/aromatic N) is 1. The third-order valence-corrected chi connectivity index (χ3v) is 3.63. The minimum atomic E-state index is -9.64. The van der Waals surface area contributed by atoms with E-state index in [1.807, 2.05) is 0 Å². The van der Waals surface area contributed by atoms with Crippen LogP contribution in [-0.4, -0.2) is 9.97 Å². The molecular formula is C7H4BrF5N2S. The van der Waals surface area contributed by atoms with Gasteiger partial charge in [0.1, 0.15) is 10.4 Å². The zero-order chi connectivity index (χ0) is 12.3. The molecule has 2 rings (SSSR count). The van der Waals surface area contributed by atoms with E-state index in [2.05, 4.69) is 25.9 Å². The molecule has 90 valence electrons. The Hall–Kier alpha value is -0.830. The molecule has 1 heterocycles. The summed E-state index contributed by atoms with van der Waals surface area (Å²) in [7, 11) is -9.64. The molecule has 1 aromatic carbocycles.